The van der Waals surface area contributed by atoms with E-state index in [-0.39, 0.29) is 30.7 Å². The minimum Gasteiger partial charge on any atom is -0.353 e. The second-order valence-electron chi connectivity index (χ2n) is 8.45. The number of aromatic nitrogens is 1. The maximum absolute atomic E-state index is 12.3. The quantitative estimate of drug-likeness (QED) is 0.813. The Morgan fingerprint density at radius 1 is 1.16 bits per heavy atom. The zero-order chi connectivity index (χ0) is 17.4. The van der Waals surface area contributed by atoms with Gasteiger partial charge in [0.15, 0.2) is 5.13 Å². The second-order valence-corrected chi connectivity index (χ2v) is 9.35. The fourth-order valence-corrected chi connectivity index (χ4v) is 6.41. The topological polar surface area (TPSA) is 71.1 Å². The molecule has 0 saturated heterocycles. The molecule has 4 aliphatic rings. The summed E-state index contributed by atoms with van der Waals surface area (Å²) < 4.78 is 0. The maximum Gasteiger partial charge on any atom is 0.226 e. The number of nitrogens with zero attached hydrogens (tertiary/aromatic N) is 1. The van der Waals surface area contributed by atoms with Crippen LogP contribution < -0.4 is 10.6 Å². The van der Waals surface area contributed by atoms with Crippen molar-refractivity contribution < 1.29 is 9.59 Å². The largest absolute Gasteiger partial charge is 0.353 e. The third-order valence-electron chi connectivity index (χ3n) is 6.64. The molecule has 1 heterocycles. The van der Waals surface area contributed by atoms with Crippen LogP contribution in [0.2, 0.25) is 0 Å². The molecular formula is C19H27N3O2S. The molecule has 4 saturated carbocycles. The van der Waals surface area contributed by atoms with Crippen molar-refractivity contribution in [3.63, 3.8) is 0 Å². The fraction of sp³-hybridized carbons (Fsp3) is 0.737. The monoisotopic (exact) mass is 361 g/mol. The van der Waals surface area contributed by atoms with E-state index in [9.17, 15) is 9.59 Å². The van der Waals surface area contributed by atoms with Crippen molar-refractivity contribution in [2.45, 2.75) is 64.3 Å². The highest BCUT2D eigenvalue weighted by atomic mass is 32.1. The molecule has 4 bridgehead atoms. The van der Waals surface area contributed by atoms with Crippen molar-refractivity contribution in [3.8, 4) is 0 Å². The second kappa shape index (κ2) is 6.71. The number of carbonyl (C=O) groups is 2. The van der Waals surface area contributed by atoms with Gasteiger partial charge in [0, 0.05) is 30.5 Å². The molecule has 5 nitrogen and oxygen atoms in total. The van der Waals surface area contributed by atoms with Crippen LogP contribution in [0.5, 0.6) is 0 Å². The van der Waals surface area contributed by atoms with Crippen LogP contribution >= 0.6 is 11.3 Å². The predicted octanol–water partition coefficient (Wildman–Crippen LogP) is 3.58. The van der Waals surface area contributed by atoms with Gasteiger partial charge in [0.1, 0.15) is 0 Å². The summed E-state index contributed by atoms with van der Waals surface area (Å²) in [5.74, 6) is 2.50. The Morgan fingerprint density at radius 2 is 1.76 bits per heavy atom. The number of hydrogen-bond acceptors (Lipinski definition) is 4. The molecule has 4 fully saturated rings. The number of carbonyl (C=O) groups excluding carboxylic acids is 2. The van der Waals surface area contributed by atoms with Gasteiger partial charge in [-0.25, -0.2) is 4.98 Å². The fourth-order valence-electron chi connectivity index (χ4n) is 5.87. The van der Waals surface area contributed by atoms with Gasteiger partial charge in [0.25, 0.3) is 0 Å². The van der Waals surface area contributed by atoms with Gasteiger partial charge < -0.3 is 10.6 Å². The van der Waals surface area contributed by atoms with Crippen molar-refractivity contribution >= 4 is 28.3 Å². The Hall–Kier alpha value is -1.43. The van der Waals surface area contributed by atoms with Gasteiger partial charge in [-0.2, -0.15) is 0 Å². The molecule has 136 valence electrons. The van der Waals surface area contributed by atoms with Crippen LogP contribution in [0.25, 0.3) is 0 Å². The smallest absolute Gasteiger partial charge is 0.226 e. The molecule has 4 aliphatic carbocycles. The molecule has 6 heteroatoms. The van der Waals surface area contributed by atoms with Crippen LogP contribution in [0.15, 0.2) is 11.6 Å². The van der Waals surface area contributed by atoms with Crippen LogP contribution in [0.1, 0.15) is 58.3 Å². The van der Waals surface area contributed by atoms with Crippen LogP contribution in [0, 0.1) is 23.2 Å². The molecule has 2 N–H and O–H groups in total. The molecule has 0 aliphatic heterocycles. The maximum atomic E-state index is 12.3. The zero-order valence-corrected chi connectivity index (χ0v) is 15.6. The highest BCUT2D eigenvalue weighted by Gasteiger charge is 2.53. The lowest BCUT2D eigenvalue weighted by atomic mass is 9.48. The van der Waals surface area contributed by atoms with Gasteiger partial charge in [-0.1, -0.05) is 0 Å². The molecule has 1 aromatic heterocycles. The van der Waals surface area contributed by atoms with E-state index in [2.05, 4.69) is 22.5 Å². The highest BCUT2D eigenvalue weighted by Crippen LogP contribution is 2.61. The van der Waals surface area contributed by atoms with E-state index in [4.69, 9.17) is 0 Å². The van der Waals surface area contributed by atoms with Crippen LogP contribution in [0.4, 0.5) is 5.13 Å². The molecule has 0 unspecified atom stereocenters. The molecule has 1 atom stereocenters. The number of anilines is 1. The highest BCUT2D eigenvalue weighted by molar-refractivity contribution is 7.13. The molecule has 0 radical (unpaired) electrons. The molecule has 5 rings (SSSR count). The molecular weight excluding hydrogens is 334 g/mol. The Bertz CT molecular complexity index is 608. The van der Waals surface area contributed by atoms with Gasteiger partial charge >= 0.3 is 0 Å². The first-order chi connectivity index (χ1) is 12.0. The molecule has 25 heavy (non-hydrogen) atoms. The number of amides is 2. The van der Waals surface area contributed by atoms with Crippen LogP contribution in [0.3, 0.4) is 0 Å². The number of rotatable bonds is 6. The summed E-state index contributed by atoms with van der Waals surface area (Å²) in [4.78, 5) is 28.3. The third kappa shape index (κ3) is 3.59. The summed E-state index contributed by atoms with van der Waals surface area (Å²) in [7, 11) is 0. The molecule has 2 amide bonds. The Morgan fingerprint density at radius 3 is 2.32 bits per heavy atom. The Kier molecular flexibility index (Phi) is 4.56. The first kappa shape index (κ1) is 17.0. The first-order valence-electron chi connectivity index (χ1n) is 9.51. The van der Waals surface area contributed by atoms with E-state index in [1.54, 1.807) is 6.20 Å². The van der Waals surface area contributed by atoms with E-state index in [1.165, 1.54) is 49.9 Å². The molecule has 1 aromatic rings. The summed E-state index contributed by atoms with van der Waals surface area (Å²) in [5, 5.41) is 8.35. The minimum absolute atomic E-state index is 0.00228. The van der Waals surface area contributed by atoms with Gasteiger partial charge in [-0.05, 0) is 68.6 Å². The minimum atomic E-state index is -0.146. The zero-order valence-electron chi connectivity index (χ0n) is 14.8. The van der Waals surface area contributed by atoms with Gasteiger partial charge in [-0.3, -0.25) is 9.59 Å². The van der Waals surface area contributed by atoms with E-state index in [0.717, 1.165) is 17.8 Å². The normalized spacial score (nSPS) is 33.9. The average Bonchev–Trinajstić information content (AvgIpc) is 3.04. The summed E-state index contributed by atoms with van der Waals surface area (Å²) >= 11 is 1.38. The van der Waals surface area contributed by atoms with E-state index >= 15 is 0 Å². The number of thiazole rings is 1. The number of nitrogens with one attached hydrogen (secondary N) is 2. The van der Waals surface area contributed by atoms with Crippen molar-refractivity contribution in [1.29, 1.82) is 0 Å². The Labute approximate surface area is 153 Å². The van der Waals surface area contributed by atoms with Crippen molar-refractivity contribution in [2.24, 2.45) is 23.2 Å². The standard InChI is InChI=1S/C19H27N3O2S/c1-12(19-9-13-6-14(10-19)8-15(7-13)11-19)21-16(23)2-3-17(24)22-18-20-4-5-25-18/h4-5,12-15H,2-3,6-11H2,1H3,(H,21,23)(H,20,22,24)/t12-,13?,14?,15?,19?/m0/s1. The molecule has 0 aromatic carbocycles. The predicted molar refractivity (Wildman–Crippen MR) is 98.2 cm³/mol. The lowest BCUT2D eigenvalue weighted by Gasteiger charge is -2.59. The summed E-state index contributed by atoms with van der Waals surface area (Å²) in [5.41, 5.74) is 0.313. The third-order valence-corrected chi connectivity index (χ3v) is 7.33. The lowest BCUT2D eigenvalue weighted by Crippen LogP contribution is -2.55. The van der Waals surface area contributed by atoms with E-state index < -0.39 is 0 Å². The Balaban J connectivity index is 1.27. The van der Waals surface area contributed by atoms with Crippen molar-refractivity contribution in [2.75, 3.05) is 5.32 Å². The lowest BCUT2D eigenvalue weighted by molar-refractivity contribution is -0.128. The van der Waals surface area contributed by atoms with Gasteiger partial charge in [0.2, 0.25) is 11.8 Å². The van der Waals surface area contributed by atoms with Gasteiger partial charge in [0.05, 0.1) is 0 Å². The van der Waals surface area contributed by atoms with E-state index in [1.807, 2.05) is 5.38 Å². The first-order valence-corrected chi connectivity index (χ1v) is 10.4. The van der Waals surface area contributed by atoms with Crippen molar-refractivity contribution in [3.05, 3.63) is 11.6 Å². The van der Waals surface area contributed by atoms with Crippen molar-refractivity contribution in [1.82, 2.24) is 10.3 Å². The number of hydrogen-bond donors (Lipinski definition) is 2. The van der Waals surface area contributed by atoms with E-state index in [0.29, 0.717) is 10.5 Å². The van der Waals surface area contributed by atoms with Gasteiger partial charge in [-0.15, -0.1) is 11.3 Å². The van der Waals surface area contributed by atoms with Crippen LogP contribution in [-0.2, 0) is 9.59 Å². The summed E-state index contributed by atoms with van der Waals surface area (Å²) in [6.45, 7) is 2.18. The van der Waals surface area contributed by atoms with Crippen LogP contribution in [-0.4, -0.2) is 22.8 Å². The average molecular weight is 362 g/mol. The SMILES string of the molecule is C[C@H](NC(=O)CCC(=O)Nc1nccs1)C12CC3CC(CC(C3)C1)C2. The summed E-state index contributed by atoms with van der Waals surface area (Å²) in [6, 6.07) is 0.218. The molecule has 0 spiro atoms. The summed E-state index contributed by atoms with van der Waals surface area (Å²) in [6.07, 6.45) is 10.2.